The third-order valence-corrected chi connectivity index (χ3v) is 4.30. The lowest BCUT2D eigenvalue weighted by Gasteiger charge is -2.11. The summed E-state index contributed by atoms with van der Waals surface area (Å²) < 4.78 is 0. The van der Waals surface area contributed by atoms with Crippen molar-refractivity contribution in [1.29, 1.82) is 5.41 Å². The Balaban J connectivity index is 1.97. The first-order chi connectivity index (χ1) is 11.6. The van der Waals surface area contributed by atoms with Crippen LogP contribution in [0.4, 0.5) is 0 Å². The average Bonchev–Trinajstić information content (AvgIpc) is 2.62. The van der Waals surface area contributed by atoms with Crippen LogP contribution in [0.15, 0.2) is 72.8 Å². The fourth-order valence-corrected chi connectivity index (χ4v) is 2.98. The minimum absolute atomic E-state index is 0.184. The molecule has 3 nitrogen and oxygen atoms in total. The van der Waals surface area contributed by atoms with Crippen molar-refractivity contribution >= 4 is 26.2 Å². The fourth-order valence-electron chi connectivity index (χ4n) is 2.56. The molecule has 118 valence electrons. The zero-order chi connectivity index (χ0) is 17.1. The van der Waals surface area contributed by atoms with E-state index in [0.29, 0.717) is 11.3 Å². The normalized spacial score (nSPS) is 10.4. The van der Waals surface area contributed by atoms with E-state index in [1.165, 1.54) is 12.1 Å². The molecule has 0 spiro atoms. The highest BCUT2D eigenvalue weighted by Crippen LogP contribution is 2.21. The zero-order valence-corrected chi connectivity index (χ0v) is 14.0. The molecule has 0 bridgehead atoms. The number of hydrogen-bond donors (Lipinski definition) is 2. The van der Waals surface area contributed by atoms with E-state index in [4.69, 9.17) is 10.5 Å². The van der Waals surface area contributed by atoms with Crippen LogP contribution in [0.25, 0.3) is 11.1 Å². The van der Waals surface area contributed by atoms with Crippen LogP contribution in [0.3, 0.4) is 0 Å². The van der Waals surface area contributed by atoms with E-state index in [9.17, 15) is 4.79 Å². The van der Waals surface area contributed by atoms with Gasteiger partial charge >= 0.3 is 5.97 Å². The molecule has 0 aliphatic heterocycles. The van der Waals surface area contributed by atoms with Crippen LogP contribution < -0.4 is 5.30 Å². The van der Waals surface area contributed by atoms with Crippen molar-refractivity contribution in [3.63, 3.8) is 0 Å². The van der Waals surface area contributed by atoms with Gasteiger partial charge in [-0.2, -0.15) is 0 Å². The van der Waals surface area contributed by atoms with Crippen molar-refractivity contribution in [2.24, 2.45) is 0 Å². The molecule has 1 unspecified atom stereocenters. The molecular weight excluding hydrogens is 317 g/mol. The van der Waals surface area contributed by atoms with Crippen molar-refractivity contribution in [3.8, 4) is 11.1 Å². The van der Waals surface area contributed by atoms with Gasteiger partial charge in [-0.05, 0) is 34.6 Å². The molecular formula is C20H16NO2P. The summed E-state index contributed by atoms with van der Waals surface area (Å²) >= 11 is 0. The summed E-state index contributed by atoms with van der Waals surface area (Å²) in [5.41, 5.74) is 4.04. The maximum absolute atomic E-state index is 11.1. The van der Waals surface area contributed by atoms with Crippen LogP contribution >= 0.6 is 9.24 Å². The Morgan fingerprint density at radius 1 is 0.833 bits per heavy atom. The highest BCUT2D eigenvalue weighted by Gasteiger charge is 2.11. The molecule has 0 saturated carbocycles. The van der Waals surface area contributed by atoms with Crippen molar-refractivity contribution in [2.45, 2.75) is 0 Å². The Labute approximate surface area is 142 Å². The Bertz CT molecular complexity index is 920. The third kappa shape index (κ3) is 3.27. The lowest BCUT2D eigenvalue weighted by Crippen LogP contribution is -2.12. The van der Waals surface area contributed by atoms with E-state index < -0.39 is 5.97 Å². The molecule has 0 heterocycles. The summed E-state index contributed by atoms with van der Waals surface area (Å²) in [5.74, 6) is -0.991. The molecule has 0 aliphatic rings. The molecule has 2 N–H and O–H groups in total. The zero-order valence-electron chi connectivity index (χ0n) is 12.9. The fraction of sp³-hybridized carbons (Fsp3) is 0. The van der Waals surface area contributed by atoms with Gasteiger partial charge in [0, 0.05) is 11.1 Å². The minimum atomic E-state index is -0.991. The monoisotopic (exact) mass is 333 g/mol. The van der Waals surface area contributed by atoms with Crippen molar-refractivity contribution in [3.05, 3.63) is 89.5 Å². The molecule has 0 aromatic heterocycles. The van der Waals surface area contributed by atoms with Gasteiger partial charge in [0.1, 0.15) is 0 Å². The summed E-state index contributed by atoms with van der Waals surface area (Å²) in [5, 5.41) is 18.4. The Kier molecular flexibility index (Phi) is 4.54. The number of carbonyl (C=O) groups is 1. The Hall–Kier alpha value is -2.77. The second-order valence-electron chi connectivity index (χ2n) is 5.43. The van der Waals surface area contributed by atoms with E-state index in [1.807, 2.05) is 48.5 Å². The van der Waals surface area contributed by atoms with E-state index in [1.54, 1.807) is 12.1 Å². The topological polar surface area (TPSA) is 61.2 Å². The summed E-state index contributed by atoms with van der Waals surface area (Å²) in [6, 6.07) is 22.4. The van der Waals surface area contributed by atoms with Crippen LogP contribution in [0, 0.1) is 5.41 Å². The minimum Gasteiger partial charge on any atom is -0.478 e. The highest BCUT2D eigenvalue weighted by molar-refractivity contribution is 7.27. The quantitative estimate of drug-likeness (QED) is 0.561. The van der Waals surface area contributed by atoms with E-state index in [-0.39, 0.29) is 5.56 Å². The maximum Gasteiger partial charge on any atom is 0.335 e. The Morgan fingerprint density at radius 2 is 1.54 bits per heavy atom. The first-order valence-corrected chi connectivity index (χ1v) is 8.01. The van der Waals surface area contributed by atoms with E-state index in [0.717, 1.165) is 22.0 Å². The predicted octanol–water partition coefficient (Wildman–Crippen LogP) is 3.97. The smallest absolute Gasteiger partial charge is 0.335 e. The van der Waals surface area contributed by atoms with Crippen LogP contribution in [-0.2, 0) is 0 Å². The highest BCUT2D eigenvalue weighted by atomic mass is 31.0. The van der Waals surface area contributed by atoms with Gasteiger partial charge in [-0.1, -0.05) is 54.6 Å². The van der Waals surface area contributed by atoms with Gasteiger partial charge in [0.15, 0.2) is 0 Å². The summed E-state index contributed by atoms with van der Waals surface area (Å²) in [6.45, 7) is 0. The van der Waals surface area contributed by atoms with Crippen LogP contribution in [0.5, 0.6) is 0 Å². The average molecular weight is 333 g/mol. The summed E-state index contributed by atoms with van der Waals surface area (Å²) in [7, 11) is 2.66. The number of carboxylic acid groups (broad SMARTS) is 1. The lowest BCUT2D eigenvalue weighted by atomic mass is 9.97. The molecule has 0 fully saturated rings. The van der Waals surface area contributed by atoms with Gasteiger partial charge < -0.3 is 5.11 Å². The molecule has 3 aromatic rings. The molecule has 24 heavy (non-hydrogen) atoms. The molecule has 3 rings (SSSR count). The predicted molar refractivity (Wildman–Crippen MR) is 101 cm³/mol. The maximum atomic E-state index is 11.1. The molecule has 0 radical (unpaired) electrons. The molecule has 0 aliphatic carbocycles. The lowest BCUT2D eigenvalue weighted by molar-refractivity contribution is 0.0697. The number of rotatable bonds is 4. The van der Waals surface area contributed by atoms with Gasteiger partial charge in [0.25, 0.3) is 0 Å². The van der Waals surface area contributed by atoms with E-state index in [2.05, 4.69) is 9.24 Å². The van der Waals surface area contributed by atoms with Crippen molar-refractivity contribution in [1.82, 2.24) is 0 Å². The van der Waals surface area contributed by atoms with Gasteiger partial charge in [-0.15, -0.1) is 9.24 Å². The number of nitrogens with one attached hydrogen (secondary N) is 1. The SMILES string of the molecule is N=C(c1cccc(C(=O)O)c1)c1ccc(-c2ccccc2)cc1P. The number of aromatic carboxylic acids is 1. The molecule has 1 atom stereocenters. The van der Waals surface area contributed by atoms with Crippen LogP contribution in [-0.4, -0.2) is 16.8 Å². The number of benzene rings is 3. The molecule has 3 aromatic carbocycles. The second-order valence-corrected chi connectivity index (χ2v) is 6.05. The third-order valence-electron chi connectivity index (χ3n) is 3.83. The first kappa shape index (κ1) is 16.1. The van der Waals surface area contributed by atoms with Gasteiger partial charge in [-0.3, -0.25) is 5.41 Å². The number of carboxylic acids is 1. The molecule has 0 saturated heterocycles. The number of hydrogen-bond acceptors (Lipinski definition) is 2. The first-order valence-electron chi connectivity index (χ1n) is 7.44. The summed E-state index contributed by atoms with van der Waals surface area (Å²) in [6.07, 6.45) is 0. The van der Waals surface area contributed by atoms with Gasteiger partial charge in [0.05, 0.1) is 11.3 Å². The standard InChI is InChI=1S/C20H16NO2P/c21-19(15-7-4-8-16(11-15)20(22)23)17-10-9-14(12-18(17)24)13-5-2-1-3-6-13/h1-12,21H,24H2,(H,22,23). The van der Waals surface area contributed by atoms with Gasteiger partial charge in [-0.25, -0.2) is 4.79 Å². The van der Waals surface area contributed by atoms with Crippen LogP contribution in [0.2, 0.25) is 0 Å². The molecule has 0 amide bonds. The largest absolute Gasteiger partial charge is 0.478 e. The molecule has 4 heteroatoms. The van der Waals surface area contributed by atoms with Crippen molar-refractivity contribution < 1.29 is 9.90 Å². The van der Waals surface area contributed by atoms with Crippen molar-refractivity contribution in [2.75, 3.05) is 0 Å². The van der Waals surface area contributed by atoms with Gasteiger partial charge in [0.2, 0.25) is 0 Å². The Morgan fingerprint density at radius 3 is 2.21 bits per heavy atom. The summed E-state index contributed by atoms with van der Waals surface area (Å²) in [4.78, 5) is 11.1. The van der Waals surface area contributed by atoms with Crippen LogP contribution in [0.1, 0.15) is 21.5 Å². The second kappa shape index (κ2) is 6.77. The van der Waals surface area contributed by atoms with E-state index >= 15 is 0 Å².